The van der Waals surface area contributed by atoms with Crippen LogP contribution in [0.5, 0.6) is 5.75 Å². The number of carbonyl (C=O) groups excluding carboxylic acids is 2. The summed E-state index contributed by atoms with van der Waals surface area (Å²) < 4.78 is 6.89. The first-order chi connectivity index (χ1) is 18.0. The summed E-state index contributed by atoms with van der Waals surface area (Å²) in [5, 5.41) is 9.45. The van der Waals surface area contributed by atoms with E-state index in [4.69, 9.17) is 16.3 Å². The molecule has 0 unspecified atom stereocenters. The van der Waals surface area contributed by atoms with Gasteiger partial charge in [0.2, 0.25) is 5.91 Å². The number of amides is 2. The van der Waals surface area contributed by atoms with Gasteiger partial charge in [-0.3, -0.25) is 14.6 Å². The first-order valence-electron chi connectivity index (χ1n) is 12.0. The zero-order valence-electron chi connectivity index (χ0n) is 20.2. The molecule has 0 atom stereocenters. The van der Waals surface area contributed by atoms with Gasteiger partial charge in [0.1, 0.15) is 5.75 Å². The van der Waals surface area contributed by atoms with Gasteiger partial charge in [-0.05, 0) is 59.2 Å². The average molecular weight is 584 g/mol. The highest BCUT2D eigenvalue weighted by Crippen LogP contribution is 2.25. The molecular formula is C28H28BrClN4O3. The van der Waals surface area contributed by atoms with Crippen LogP contribution < -0.4 is 20.7 Å². The summed E-state index contributed by atoms with van der Waals surface area (Å²) in [5.41, 5.74) is 3.37. The van der Waals surface area contributed by atoms with Crippen molar-refractivity contribution in [3.8, 4) is 5.75 Å². The van der Waals surface area contributed by atoms with Crippen molar-refractivity contribution in [2.24, 2.45) is 5.92 Å². The van der Waals surface area contributed by atoms with Crippen LogP contribution in [0, 0.1) is 5.92 Å². The summed E-state index contributed by atoms with van der Waals surface area (Å²) in [6.07, 6.45) is 8.10. The minimum absolute atomic E-state index is 0.0124. The second kappa shape index (κ2) is 13.4. The molecule has 0 saturated carbocycles. The quantitative estimate of drug-likeness (QED) is 0.231. The van der Waals surface area contributed by atoms with Crippen molar-refractivity contribution in [3.05, 3.63) is 92.7 Å². The average Bonchev–Trinajstić information content (AvgIpc) is 2.85. The van der Waals surface area contributed by atoms with Gasteiger partial charge < -0.3 is 20.7 Å². The van der Waals surface area contributed by atoms with Crippen LogP contribution in [0.1, 0.15) is 27.0 Å². The smallest absolute Gasteiger partial charge is 0.251 e. The fraction of sp³-hybridized carbons (Fsp3) is 0.250. The number of benzene rings is 2. The number of carbonyl (C=O) groups is 2. The summed E-state index contributed by atoms with van der Waals surface area (Å²) in [4.78, 5) is 28.9. The number of hydrogen-bond acceptors (Lipinski definition) is 5. The van der Waals surface area contributed by atoms with Crippen LogP contribution in [0.3, 0.4) is 0 Å². The number of ether oxygens (including phenoxy) is 1. The van der Waals surface area contributed by atoms with Crippen molar-refractivity contribution in [1.82, 2.24) is 20.9 Å². The molecule has 37 heavy (non-hydrogen) atoms. The first-order valence-corrected chi connectivity index (χ1v) is 13.2. The molecule has 0 radical (unpaired) electrons. The van der Waals surface area contributed by atoms with E-state index >= 15 is 0 Å². The lowest BCUT2D eigenvalue weighted by atomic mass is 10.0. The molecule has 1 aliphatic rings. The summed E-state index contributed by atoms with van der Waals surface area (Å²) >= 11 is 9.58. The topological polar surface area (TPSA) is 92.4 Å². The fourth-order valence-electron chi connectivity index (χ4n) is 3.67. The van der Waals surface area contributed by atoms with Crippen LogP contribution in [-0.4, -0.2) is 49.6 Å². The molecule has 3 N–H and O–H groups in total. The van der Waals surface area contributed by atoms with Gasteiger partial charge >= 0.3 is 0 Å². The Balaban J connectivity index is 1.43. The number of rotatable bonds is 11. The van der Waals surface area contributed by atoms with Crippen molar-refractivity contribution >= 4 is 51.5 Å². The van der Waals surface area contributed by atoms with Crippen molar-refractivity contribution in [1.29, 1.82) is 0 Å². The second-order valence-electron chi connectivity index (χ2n) is 8.65. The van der Waals surface area contributed by atoms with Crippen LogP contribution in [0.15, 0.2) is 65.4 Å². The monoisotopic (exact) mass is 582 g/mol. The van der Waals surface area contributed by atoms with Gasteiger partial charge in [0.25, 0.3) is 5.91 Å². The fourth-order valence-corrected chi connectivity index (χ4v) is 4.49. The Labute approximate surface area is 229 Å². The minimum Gasteiger partial charge on any atom is -0.493 e. The third-order valence-corrected chi connectivity index (χ3v) is 6.80. The third kappa shape index (κ3) is 8.15. The van der Waals surface area contributed by atoms with Crippen molar-refractivity contribution in [2.75, 3.05) is 32.8 Å². The van der Waals surface area contributed by atoms with Gasteiger partial charge in [0.05, 0.1) is 12.5 Å². The van der Waals surface area contributed by atoms with E-state index in [2.05, 4.69) is 36.9 Å². The maximum absolute atomic E-state index is 12.9. The van der Waals surface area contributed by atoms with E-state index in [1.807, 2.05) is 54.6 Å². The first kappa shape index (κ1) is 26.9. The van der Waals surface area contributed by atoms with E-state index in [1.165, 1.54) is 0 Å². The van der Waals surface area contributed by atoms with Crippen LogP contribution in [-0.2, 0) is 11.2 Å². The molecule has 2 amide bonds. The minimum atomic E-state index is -0.235. The summed E-state index contributed by atoms with van der Waals surface area (Å²) in [7, 11) is 0. The van der Waals surface area contributed by atoms with Crippen LogP contribution in [0.2, 0.25) is 5.02 Å². The number of nitrogens with zero attached hydrogens (tertiary/aromatic N) is 1. The maximum atomic E-state index is 12.9. The van der Waals surface area contributed by atoms with E-state index in [-0.39, 0.29) is 17.7 Å². The Hall–Kier alpha value is -3.20. The van der Waals surface area contributed by atoms with Gasteiger partial charge in [0, 0.05) is 60.1 Å². The molecule has 0 bridgehead atoms. The molecule has 2 heterocycles. The van der Waals surface area contributed by atoms with E-state index in [0.29, 0.717) is 49.1 Å². The molecule has 1 saturated heterocycles. The molecular weight excluding hydrogens is 556 g/mol. The summed E-state index contributed by atoms with van der Waals surface area (Å²) in [6.45, 7) is 2.58. The van der Waals surface area contributed by atoms with Gasteiger partial charge in [-0.15, -0.1) is 0 Å². The highest BCUT2D eigenvalue weighted by molar-refractivity contribution is 9.10. The SMILES string of the molecule is O=C(NCCNC(=O)C1CNC1)c1cc(/C=C/c2ccc(Cl)cc2Br)cc(OCCc2ccncc2)c1. The van der Waals surface area contributed by atoms with E-state index in [9.17, 15) is 9.59 Å². The second-order valence-corrected chi connectivity index (χ2v) is 9.94. The van der Waals surface area contributed by atoms with Crippen molar-refractivity contribution in [3.63, 3.8) is 0 Å². The predicted octanol–water partition coefficient (Wildman–Crippen LogP) is 4.35. The molecule has 192 valence electrons. The predicted molar refractivity (Wildman–Crippen MR) is 150 cm³/mol. The van der Waals surface area contributed by atoms with E-state index in [1.54, 1.807) is 18.5 Å². The number of nitrogens with one attached hydrogen (secondary N) is 3. The highest BCUT2D eigenvalue weighted by Gasteiger charge is 2.24. The molecule has 0 spiro atoms. The molecule has 0 aliphatic carbocycles. The zero-order chi connectivity index (χ0) is 26.0. The highest BCUT2D eigenvalue weighted by atomic mass is 79.9. The molecule has 1 aromatic heterocycles. The summed E-state index contributed by atoms with van der Waals surface area (Å²) in [6, 6.07) is 14.9. The van der Waals surface area contributed by atoms with Crippen LogP contribution in [0.25, 0.3) is 12.2 Å². The number of hydrogen-bond donors (Lipinski definition) is 3. The molecule has 2 aromatic carbocycles. The summed E-state index contributed by atoms with van der Waals surface area (Å²) in [5.74, 6) is 0.397. The lowest BCUT2D eigenvalue weighted by Crippen LogP contribution is -2.51. The van der Waals surface area contributed by atoms with Crippen molar-refractivity contribution in [2.45, 2.75) is 6.42 Å². The Bertz CT molecular complexity index is 1270. The van der Waals surface area contributed by atoms with Crippen LogP contribution in [0.4, 0.5) is 0 Å². The van der Waals surface area contributed by atoms with Crippen molar-refractivity contribution < 1.29 is 14.3 Å². The Kier molecular flexibility index (Phi) is 9.71. The molecule has 1 fully saturated rings. The molecule has 1 aliphatic heterocycles. The zero-order valence-corrected chi connectivity index (χ0v) is 22.5. The van der Waals surface area contributed by atoms with Gasteiger partial charge in [-0.25, -0.2) is 0 Å². The Morgan fingerprint density at radius 1 is 1.05 bits per heavy atom. The van der Waals surface area contributed by atoms with E-state index < -0.39 is 0 Å². The molecule has 3 aromatic rings. The largest absolute Gasteiger partial charge is 0.493 e. The van der Waals surface area contributed by atoms with E-state index in [0.717, 1.165) is 27.6 Å². The molecule has 9 heteroatoms. The maximum Gasteiger partial charge on any atom is 0.251 e. The lowest BCUT2D eigenvalue weighted by molar-refractivity contribution is -0.126. The van der Waals surface area contributed by atoms with Crippen LogP contribution >= 0.6 is 27.5 Å². The normalized spacial score (nSPS) is 13.2. The third-order valence-electron chi connectivity index (χ3n) is 5.88. The van der Waals surface area contributed by atoms with Gasteiger partial charge in [-0.2, -0.15) is 0 Å². The standard InChI is InChI=1S/C28H28BrClN4O3/c29-26-16-24(30)4-3-21(26)2-1-20-13-22(27(35)33-10-11-34-28(36)23-17-32-18-23)15-25(14-20)37-12-7-19-5-8-31-9-6-19/h1-6,8-9,13-16,23,32H,7,10-12,17-18H2,(H,33,35)(H,34,36)/b2-1+. The van der Waals surface area contributed by atoms with Gasteiger partial charge in [-0.1, -0.05) is 45.7 Å². The Morgan fingerprint density at radius 3 is 2.57 bits per heavy atom. The lowest BCUT2D eigenvalue weighted by Gasteiger charge is -2.25. The Morgan fingerprint density at radius 2 is 1.84 bits per heavy atom. The number of aromatic nitrogens is 1. The number of halogens is 2. The molecule has 7 nitrogen and oxygen atoms in total. The molecule has 4 rings (SSSR count). The number of pyridine rings is 1. The van der Waals surface area contributed by atoms with Gasteiger partial charge in [0.15, 0.2) is 0 Å².